The minimum atomic E-state index is -3.78. The summed E-state index contributed by atoms with van der Waals surface area (Å²) in [5, 5.41) is 7.81. The number of nitrogens with one attached hydrogen (secondary N) is 1. The Morgan fingerprint density at radius 2 is 1.96 bits per heavy atom. The van der Waals surface area contributed by atoms with Gasteiger partial charge >= 0.3 is 0 Å². The molecule has 9 nitrogen and oxygen atoms in total. The first-order chi connectivity index (χ1) is 13.0. The molecular weight excluding hydrogens is 374 g/mol. The van der Waals surface area contributed by atoms with Crippen molar-refractivity contribution in [3.8, 4) is 28.7 Å². The van der Waals surface area contributed by atoms with Crippen LogP contribution in [0.15, 0.2) is 51.8 Å². The van der Waals surface area contributed by atoms with E-state index >= 15 is 0 Å². The third-order valence-corrected chi connectivity index (χ3v) is 5.25. The number of benzene rings is 2. The van der Waals surface area contributed by atoms with Gasteiger partial charge < -0.3 is 18.6 Å². The van der Waals surface area contributed by atoms with Gasteiger partial charge in [0.2, 0.25) is 28.6 Å². The van der Waals surface area contributed by atoms with E-state index in [2.05, 4.69) is 14.9 Å². The highest BCUT2D eigenvalue weighted by molar-refractivity contribution is 7.89. The van der Waals surface area contributed by atoms with Crippen LogP contribution in [-0.4, -0.2) is 32.5 Å². The van der Waals surface area contributed by atoms with Gasteiger partial charge in [-0.05, 0) is 30.3 Å². The average molecular weight is 389 g/mol. The van der Waals surface area contributed by atoms with Crippen LogP contribution in [0.5, 0.6) is 17.2 Å². The predicted molar refractivity (Wildman–Crippen MR) is 92.9 cm³/mol. The van der Waals surface area contributed by atoms with Crippen molar-refractivity contribution in [3.63, 3.8) is 0 Å². The zero-order chi connectivity index (χ0) is 18.9. The molecular formula is C17H15N3O6S. The summed E-state index contributed by atoms with van der Waals surface area (Å²) in [6.45, 7) is -0.0744. The Kier molecular flexibility index (Phi) is 4.42. The van der Waals surface area contributed by atoms with Crippen LogP contribution in [0.4, 0.5) is 0 Å². The zero-order valence-electron chi connectivity index (χ0n) is 14.2. The zero-order valence-corrected chi connectivity index (χ0v) is 15.0. The first-order valence-electron chi connectivity index (χ1n) is 7.91. The summed E-state index contributed by atoms with van der Waals surface area (Å²) in [5.74, 6) is 1.95. The molecule has 140 valence electrons. The molecule has 10 heteroatoms. The Hall–Kier alpha value is -3.11. The largest absolute Gasteiger partial charge is 0.497 e. The molecule has 0 unspecified atom stereocenters. The van der Waals surface area contributed by atoms with Crippen LogP contribution in [-0.2, 0) is 16.6 Å². The summed E-state index contributed by atoms with van der Waals surface area (Å²) >= 11 is 0. The summed E-state index contributed by atoms with van der Waals surface area (Å²) in [5.41, 5.74) is 0.673. The second kappa shape index (κ2) is 6.89. The minimum absolute atomic E-state index is 0.0549. The highest BCUT2D eigenvalue weighted by Gasteiger charge is 2.21. The van der Waals surface area contributed by atoms with E-state index in [9.17, 15) is 8.42 Å². The van der Waals surface area contributed by atoms with Crippen LogP contribution in [0, 0.1) is 0 Å². The molecule has 0 saturated carbocycles. The normalized spacial score (nSPS) is 12.9. The number of nitrogens with zero attached hydrogens (tertiary/aromatic N) is 2. The average Bonchev–Trinajstić information content (AvgIpc) is 3.35. The molecule has 1 aliphatic heterocycles. The lowest BCUT2D eigenvalue weighted by Crippen LogP contribution is -2.23. The molecule has 0 saturated heterocycles. The van der Waals surface area contributed by atoms with E-state index in [4.69, 9.17) is 18.6 Å². The number of rotatable bonds is 6. The lowest BCUT2D eigenvalue weighted by Gasteiger charge is -2.05. The van der Waals surface area contributed by atoms with Gasteiger partial charge in [0.05, 0.1) is 18.6 Å². The topological polar surface area (TPSA) is 113 Å². The molecule has 0 aliphatic carbocycles. The molecule has 1 aromatic heterocycles. The third kappa shape index (κ3) is 3.57. The van der Waals surface area contributed by atoms with Crippen molar-refractivity contribution in [2.45, 2.75) is 11.4 Å². The number of methoxy groups -OCH3 is 1. The number of hydrogen-bond acceptors (Lipinski definition) is 8. The van der Waals surface area contributed by atoms with Gasteiger partial charge in [-0.1, -0.05) is 6.07 Å². The van der Waals surface area contributed by atoms with Crippen molar-refractivity contribution in [3.05, 3.63) is 48.4 Å². The SMILES string of the molecule is COc1cccc(-c2nnc(CNS(=O)(=O)c3ccc4c(c3)OCO4)o2)c1. The first-order valence-corrected chi connectivity index (χ1v) is 9.39. The number of aromatic nitrogens is 2. The third-order valence-electron chi connectivity index (χ3n) is 3.85. The van der Waals surface area contributed by atoms with Gasteiger partial charge in [-0.25, -0.2) is 13.1 Å². The Morgan fingerprint density at radius 3 is 2.81 bits per heavy atom. The molecule has 0 radical (unpaired) electrons. The van der Waals surface area contributed by atoms with Crippen molar-refractivity contribution in [1.82, 2.24) is 14.9 Å². The fourth-order valence-electron chi connectivity index (χ4n) is 2.48. The van der Waals surface area contributed by atoms with Gasteiger partial charge in [-0.2, -0.15) is 0 Å². The maximum Gasteiger partial charge on any atom is 0.247 e. The van der Waals surface area contributed by atoms with Gasteiger partial charge in [-0.3, -0.25) is 0 Å². The Balaban J connectivity index is 1.48. The van der Waals surface area contributed by atoms with Crippen LogP contribution < -0.4 is 18.9 Å². The number of sulfonamides is 1. The monoisotopic (exact) mass is 389 g/mol. The summed E-state index contributed by atoms with van der Waals surface area (Å²) in [4.78, 5) is 0.0549. The predicted octanol–water partition coefficient (Wildman–Crippen LogP) is 1.95. The van der Waals surface area contributed by atoms with Crippen LogP contribution in [0.1, 0.15) is 5.89 Å². The van der Waals surface area contributed by atoms with Gasteiger partial charge in [0.15, 0.2) is 11.5 Å². The molecule has 2 aromatic carbocycles. The summed E-state index contributed by atoms with van der Waals surface area (Å²) < 4.78 is 48.4. The highest BCUT2D eigenvalue weighted by Crippen LogP contribution is 2.33. The number of ether oxygens (including phenoxy) is 3. The number of fused-ring (bicyclic) bond motifs is 1. The molecule has 0 spiro atoms. The van der Waals surface area contributed by atoms with Crippen LogP contribution in [0.25, 0.3) is 11.5 Å². The van der Waals surface area contributed by atoms with Crippen LogP contribution in [0.3, 0.4) is 0 Å². The standard InChI is InChI=1S/C17H15N3O6S/c1-23-12-4-2-3-11(7-12)17-20-19-16(26-17)9-18-27(21,22)13-5-6-14-15(8-13)25-10-24-14/h2-8,18H,9-10H2,1H3. The van der Waals surface area contributed by atoms with Crippen molar-refractivity contribution in [1.29, 1.82) is 0 Å². The highest BCUT2D eigenvalue weighted by atomic mass is 32.2. The molecule has 27 heavy (non-hydrogen) atoms. The molecule has 3 aromatic rings. The molecule has 4 rings (SSSR count). The fraction of sp³-hybridized carbons (Fsp3) is 0.176. The van der Waals surface area contributed by atoms with E-state index in [1.807, 2.05) is 0 Å². The second-order valence-corrected chi connectivity index (χ2v) is 7.34. The van der Waals surface area contributed by atoms with Gasteiger partial charge in [-0.15, -0.1) is 10.2 Å². The summed E-state index contributed by atoms with van der Waals surface area (Å²) in [6.07, 6.45) is 0. The maximum absolute atomic E-state index is 12.5. The molecule has 0 bridgehead atoms. The molecule has 1 aliphatic rings. The quantitative estimate of drug-likeness (QED) is 0.681. The first kappa shape index (κ1) is 17.3. The molecule has 0 fully saturated rings. The maximum atomic E-state index is 12.5. The van der Waals surface area contributed by atoms with E-state index < -0.39 is 10.0 Å². The van der Waals surface area contributed by atoms with Crippen molar-refractivity contribution in [2.24, 2.45) is 0 Å². The van der Waals surface area contributed by atoms with Gasteiger partial charge in [0.25, 0.3) is 0 Å². The second-order valence-electron chi connectivity index (χ2n) is 5.57. The van der Waals surface area contributed by atoms with Gasteiger partial charge in [0, 0.05) is 11.6 Å². The number of hydrogen-bond donors (Lipinski definition) is 1. The van der Waals surface area contributed by atoms with E-state index in [1.54, 1.807) is 37.4 Å². The summed E-state index contributed by atoms with van der Waals surface area (Å²) in [7, 11) is -2.22. The van der Waals surface area contributed by atoms with Crippen molar-refractivity contribution < 1.29 is 27.0 Å². The van der Waals surface area contributed by atoms with Crippen LogP contribution >= 0.6 is 0 Å². The molecule has 2 heterocycles. The van der Waals surface area contributed by atoms with Crippen molar-refractivity contribution >= 4 is 10.0 Å². The lowest BCUT2D eigenvalue weighted by atomic mass is 10.2. The molecule has 0 amide bonds. The van der Waals surface area contributed by atoms with E-state index in [0.717, 1.165) is 0 Å². The fourth-order valence-corrected chi connectivity index (χ4v) is 3.47. The Labute approximate surface area is 154 Å². The van der Waals surface area contributed by atoms with E-state index in [1.165, 1.54) is 12.1 Å². The summed E-state index contributed by atoms with van der Waals surface area (Å²) in [6, 6.07) is 11.5. The lowest BCUT2D eigenvalue weighted by molar-refractivity contribution is 0.174. The Morgan fingerprint density at radius 1 is 1.11 bits per heavy atom. The van der Waals surface area contributed by atoms with Gasteiger partial charge in [0.1, 0.15) is 5.75 Å². The molecule has 1 N–H and O–H groups in total. The Bertz CT molecular complexity index is 1080. The molecule has 0 atom stereocenters. The smallest absolute Gasteiger partial charge is 0.247 e. The van der Waals surface area contributed by atoms with E-state index in [0.29, 0.717) is 22.8 Å². The van der Waals surface area contributed by atoms with Crippen molar-refractivity contribution in [2.75, 3.05) is 13.9 Å². The minimum Gasteiger partial charge on any atom is -0.497 e. The van der Waals surface area contributed by atoms with E-state index in [-0.39, 0.29) is 30.0 Å². The van der Waals surface area contributed by atoms with Crippen LogP contribution in [0.2, 0.25) is 0 Å².